The number of nitrogens with one attached hydrogen (secondary N) is 2. The number of rotatable bonds is 5. The van der Waals surface area contributed by atoms with Crippen LogP contribution in [0.1, 0.15) is 30.4 Å². The Morgan fingerprint density at radius 3 is 2.86 bits per heavy atom. The molecule has 114 valence electrons. The molecule has 1 aromatic rings. The minimum atomic E-state index is 0.151. The Hall–Kier alpha value is -1.39. The van der Waals surface area contributed by atoms with Crippen molar-refractivity contribution in [3.05, 3.63) is 35.4 Å². The second-order valence-corrected chi connectivity index (χ2v) is 6.21. The zero-order valence-electron chi connectivity index (χ0n) is 12.6. The number of hydrogen-bond donors (Lipinski definition) is 2. The SMILES string of the molecule is O=C(NCc1cccc(CN2CCCC2)c1)C1CCNC1. The summed E-state index contributed by atoms with van der Waals surface area (Å²) in [4.78, 5) is 14.5. The molecule has 2 heterocycles. The molecular formula is C17H25N3O. The van der Waals surface area contributed by atoms with Gasteiger partial charge in [-0.1, -0.05) is 24.3 Å². The zero-order chi connectivity index (χ0) is 14.5. The van der Waals surface area contributed by atoms with Crippen molar-refractivity contribution in [2.75, 3.05) is 26.2 Å². The minimum absolute atomic E-state index is 0.151. The van der Waals surface area contributed by atoms with Crippen LogP contribution in [0, 0.1) is 5.92 Å². The zero-order valence-corrected chi connectivity index (χ0v) is 12.6. The summed E-state index contributed by atoms with van der Waals surface area (Å²) in [5.41, 5.74) is 2.55. The molecule has 2 aliphatic rings. The van der Waals surface area contributed by atoms with Crippen LogP contribution < -0.4 is 10.6 Å². The van der Waals surface area contributed by atoms with E-state index in [4.69, 9.17) is 0 Å². The molecule has 1 unspecified atom stereocenters. The lowest BCUT2D eigenvalue weighted by Crippen LogP contribution is -2.31. The van der Waals surface area contributed by atoms with Gasteiger partial charge in [0.2, 0.25) is 5.91 Å². The third-order valence-corrected chi connectivity index (χ3v) is 4.49. The van der Waals surface area contributed by atoms with Gasteiger partial charge in [0.15, 0.2) is 0 Å². The number of amides is 1. The van der Waals surface area contributed by atoms with Crippen LogP contribution in [0.3, 0.4) is 0 Å². The summed E-state index contributed by atoms with van der Waals surface area (Å²) in [6.45, 7) is 5.90. The van der Waals surface area contributed by atoms with Gasteiger partial charge in [-0.25, -0.2) is 0 Å². The Morgan fingerprint density at radius 2 is 2.10 bits per heavy atom. The van der Waals surface area contributed by atoms with Crippen molar-refractivity contribution in [2.24, 2.45) is 5.92 Å². The van der Waals surface area contributed by atoms with Gasteiger partial charge in [0.05, 0.1) is 5.92 Å². The monoisotopic (exact) mass is 287 g/mol. The summed E-state index contributed by atoms with van der Waals surface area (Å²) in [5.74, 6) is 0.336. The van der Waals surface area contributed by atoms with Crippen molar-refractivity contribution in [3.8, 4) is 0 Å². The van der Waals surface area contributed by atoms with Crippen molar-refractivity contribution >= 4 is 5.91 Å². The molecule has 2 N–H and O–H groups in total. The molecule has 4 heteroatoms. The molecule has 2 saturated heterocycles. The quantitative estimate of drug-likeness (QED) is 0.863. The minimum Gasteiger partial charge on any atom is -0.352 e. The average Bonchev–Trinajstić information content (AvgIpc) is 3.18. The second-order valence-electron chi connectivity index (χ2n) is 6.21. The maximum atomic E-state index is 12.0. The topological polar surface area (TPSA) is 44.4 Å². The van der Waals surface area contributed by atoms with E-state index in [1.807, 2.05) is 0 Å². The van der Waals surface area contributed by atoms with Crippen molar-refractivity contribution < 1.29 is 4.79 Å². The van der Waals surface area contributed by atoms with Gasteiger partial charge in [-0.05, 0) is 50.0 Å². The van der Waals surface area contributed by atoms with Gasteiger partial charge in [0.25, 0.3) is 0 Å². The molecule has 1 aromatic carbocycles. The van der Waals surface area contributed by atoms with E-state index in [1.54, 1.807) is 0 Å². The van der Waals surface area contributed by atoms with E-state index in [2.05, 4.69) is 39.8 Å². The van der Waals surface area contributed by atoms with E-state index in [-0.39, 0.29) is 11.8 Å². The Kier molecular flexibility index (Phi) is 4.88. The summed E-state index contributed by atoms with van der Waals surface area (Å²) < 4.78 is 0. The highest BCUT2D eigenvalue weighted by Crippen LogP contribution is 2.14. The highest BCUT2D eigenvalue weighted by molar-refractivity contribution is 5.79. The number of carbonyl (C=O) groups excluding carboxylic acids is 1. The molecule has 3 rings (SSSR count). The lowest BCUT2D eigenvalue weighted by Gasteiger charge is -2.15. The van der Waals surface area contributed by atoms with Crippen molar-refractivity contribution in [1.82, 2.24) is 15.5 Å². The average molecular weight is 287 g/mol. The molecule has 1 atom stereocenters. The van der Waals surface area contributed by atoms with Crippen molar-refractivity contribution in [1.29, 1.82) is 0 Å². The molecule has 1 amide bonds. The van der Waals surface area contributed by atoms with Gasteiger partial charge in [0, 0.05) is 19.6 Å². The Morgan fingerprint density at radius 1 is 1.29 bits per heavy atom. The van der Waals surface area contributed by atoms with E-state index in [0.29, 0.717) is 6.54 Å². The van der Waals surface area contributed by atoms with Crippen LogP contribution in [0.2, 0.25) is 0 Å². The van der Waals surface area contributed by atoms with E-state index in [0.717, 1.165) is 26.1 Å². The summed E-state index contributed by atoms with van der Waals surface area (Å²) >= 11 is 0. The molecule has 0 bridgehead atoms. The highest BCUT2D eigenvalue weighted by atomic mass is 16.1. The van der Waals surface area contributed by atoms with Gasteiger partial charge in [-0.15, -0.1) is 0 Å². The summed E-state index contributed by atoms with van der Waals surface area (Å²) in [6, 6.07) is 8.61. The van der Waals surface area contributed by atoms with E-state index >= 15 is 0 Å². The third kappa shape index (κ3) is 4.05. The van der Waals surface area contributed by atoms with Crippen molar-refractivity contribution in [2.45, 2.75) is 32.4 Å². The van der Waals surface area contributed by atoms with E-state index in [1.165, 1.54) is 37.1 Å². The fourth-order valence-electron chi connectivity index (χ4n) is 3.25. The number of nitrogens with zero attached hydrogens (tertiary/aromatic N) is 1. The van der Waals surface area contributed by atoms with Crippen LogP contribution >= 0.6 is 0 Å². The van der Waals surface area contributed by atoms with Crippen LogP contribution in [-0.2, 0) is 17.9 Å². The van der Waals surface area contributed by atoms with Gasteiger partial charge in [-0.3, -0.25) is 9.69 Å². The smallest absolute Gasteiger partial charge is 0.224 e. The van der Waals surface area contributed by atoms with Gasteiger partial charge < -0.3 is 10.6 Å². The first-order valence-corrected chi connectivity index (χ1v) is 8.10. The summed E-state index contributed by atoms with van der Waals surface area (Å²) in [7, 11) is 0. The number of carbonyl (C=O) groups is 1. The first-order valence-electron chi connectivity index (χ1n) is 8.10. The van der Waals surface area contributed by atoms with E-state index < -0.39 is 0 Å². The molecule has 0 spiro atoms. The Bertz CT molecular complexity index is 477. The predicted octanol–water partition coefficient (Wildman–Crippen LogP) is 1.51. The fourth-order valence-corrected chi connectivity index (χ4v) is 3.25. The normalized spacial score (nSPS) is 22.6. The molecule has 2 fully saturated rings. The lowest BCUT2D eigenvalue weighted by atomic mass is 10.1. The second kappa shape index (κ2) is 7.05. The van der Waals surface area contributed by atoms with Crippen LogP contribution in [0.5, 0.6) is 0 Å². The largest absolute Gasteiger partial charge is 0.352 e. The molecule has 4 nitrogen and oxygen atoms in total. The maximum Gasteiger partial charge on any atom is 0.224 e. The van der Waals surface area contributed by atoms with Gasteiger partial charge in [-0.2, -0.15) is 0 Å². The van der Waals surface area contributed by atoms with Crippen LogP contribution in [-0.4, -0.2) is 37.0 Å². The first kappa shape index (κ1) is 14.5. The molecular weight excluding hydrogens is 262 g/mol. The molecule has 0 radical (unpaired) electrons. The maximum absolute atomic E-state index is 12.0. The molecule has 2 aliphatic heterocycles. The molecule has 0 aliphatic carbocycles. The molecule has 21 heavy (non-hydrogen) atoms. The van der Waals surface area contributed by atoms with Gasteiger partial charge in [0.1, 0.15) is 0 Å². The fraction of sp³-hybridized carbons (Fsp3) is 0.588. The Labute approximate surface area is 126 Å². The number of benzene rings is 1. The number of hydrogen-bond acceptors (Lipinski definition) is 3. The van der Waals surface area contributed by atoms with Crippen LogP contribution in [0.15, 0.2) is 24.3 Å². The predicted molar refractivity (Wildman–Crippen MR) is 83.8 cm³/mol. The standard InChI is InChI=1S/C17H25N3O/c21-17(16-6-7-18-12-16)19-11-14-4-3-5-15(10-14)13-20-8-1-2-9-20/h3-5,10,16,18H,1-2,6-9,11-13H2,(H,19,21). The van der Waals surface area contributed by atoms with Crippen LogP contribution in [0.4, 0.5) is 0 Å². The van der Waals surface area contributed by atoms with Gasteiger partial charge >= 0.3 is 0 Å². The highest BCUT2D eigenvalue weighted by Gasteiger charge is 2.21. The first-order chi connectivity index (χ1) is 10.3. The number of likely N-dealkylation sites (tertiary alicyclic amines) is 1. The lowest BCUT2D eigenvalue weighted by molar-refractivity contribution is -0.124. The molecule has 0 aromatic heterocycles. The van der Waals surface area contributed by atoms with Crippen molar-refractivity contribution in [3.63, 3.8) is 0 Å². The summed E-state index contributed by atoms with van der Waals surface area (Å²) in [5, 5.41) is 6.30. The van der Waals surface area contributed by atoms with E-state index in [9.17, 15) is 4.79 Å². The molecule has 0 saturated carbocycles. The van der Waals surface area contributed by atoms with Crippen LogP contribution in [0.25, 0.3) is 0 Å². The Balaban J connectivity index is 1.51. The third-order valence-electron chi connectivity index (χ3n) is 4.49. The summed E-state index contributed by atoms with van der Waals surface area (Å²) in [6.07, 6.45) is 3.61.